The van der Waals surface area contributed by atoms with Crippen molar-refractivity contribution in [1.29, 1.82) is 0 Å². The first kappa shape index (κ1) is 16.0. The van der Waals surface area contributed by atoms with Gasteiger partial charge in [-0.15, -0.1) is 11.3 Å². The van der Waals surface area contributed by atoms with Crippen LogP contribution in [0.15, 0.2) is 29.6 Å². The minimum atomic E-state index is -0.0558. The lowest BCUT2D eigenvalue weighted by Gasteiger charge is -2.29. The molecule has 1 saturated carbocycles. The molecule has 23 heavy (non-hydrogen) atoms. The van der Waals surface area contributed by atoms with Gasteiger partial charge in [0.2, 0.25) is 0 Å². The highest BCUT2D eigenvalue weighted by atomic mass is 32.1. The molecule has 1 aromatic heterocycles. The zero-order valence-corrected chi connectivity index (χ0v) is 14.4. The van der Waals surface area contributed by atoms with Gasteiger partial charge in [0.1, 0.15) is 16.5 Å². The molecule has 1 aliphatic rings. The number of aromatic nitrogens is 1. The fourth-order valence-electron chi connectivity index (χ4n) is 3.02. The van der Waals surface area contributed by atoms with Crippen molar-refractivity contribution in [2.45, 2.75) is 38.6 Å². The number of amides is 1. The molecule has 0 radical (unpaired) electrons. The van der Waals surface area contributed by atoms with Gasteiger partial charge in [0.05, 0.1) is 7.11 Å². The number of methoxy groups -OCH3 is 1. The van der Waals surface area contributed by atoms with Crippen LogP contribution in [0, 0.1) is 5.92 Å². The highest BCUT2D eigenvalue weighted by molar-refractivity contribution is 7.13. The van der Waals surface area contributed by atoms with Gasteiger partial charge >= 0.3 is 0 Å². The van der Waals surface area contributed by atoms with E-state index in [4.69, 9.17) is 4.74 Å². The molecule has 1 amide bonds. The Hall–Kier alpha value is -1.88. The fourth-order valence-corrected chi connectivity index (χ4v) is 3.82. The molecule has 1 heterocycles. The predicted molar refractivity (Wildman–Crippen MR) is 93.0 cm³/mol. The van der Waals surface area contributed by atoms with Crippen LogP contribution >= 0.6 is 11.3 Å². The van der Waals surface area contributed by atoms with Gasteiger partial charge in [-0.05, 0) is 43.0 Å². The second-order valence-corrected chi connectivity index (χ2v) is 6.97. The number of carbonyl (C=O) groups excluding carboxylic acids is 1. The maximum Gasteiger partial charge on any atom is 0.271 e. The van der Waals surface area contributed by atoms with Crippen LogP contribution in [0.5, 0.6) is 5.75 Å². The van der Waals surface area contributed by atoms with Crippen LogP contribution in [0.1, 0.15) is 43.1 Å². The minimum absolute atomic E-state index is 0.0558. The summed E-state index contributed by atoms with van der Waals surface area (Å²) in [7, 11) is 1.65. The standard InChI is InChI=1S/C18H22N2O2S/c1-12-5-3-4-6-15(12)19-17(21)16-11-23-18(20-16)13-7-9-14(22-2)10-8-13/h7-12,15H,3-6H2,1-2H3,(H,19,21)/t12-,15-/m1/s1. The molecule has 0 aliphatic heterocycles. The van der Waals surface area contributed by atoms with Gasteiger partial charge in [0, 0.05) is 17.0 Å². The zero-order chi connectivity index (χ0) is 16.2. The van der Waals surface area contributed by atoms with Gasteiger partial charge in [0.25, 0.3) is 5.91 Å². The number of carbonyl (C=O) groups is 1. The third kappa shape index (κ3) is 3.72. The molecule has 5 heteroatoms. The molecule has 0 bridgehead atoms. The molecule has 3 rings (SSSR count). The highest BCUT2D eigenvalue weighted by Gasteiger charge is 2.24. The summed E-state index contributed by atoms with van der Waals surface area (Å²) in [6, 6.07) is 8.01. The topological polar surface area (TPSA) is 51.2 Å². The molecule has 1 fully saturated rings. The average molecular weight is 330 g/mol. The van der Waals surface area contributed by atoms with Crippen molar-refractivity contribution in [1.82, 2.24) is 10.3 Å². The Kier molecular flexibility index (Phi) is 4.96. The molecule has 4 nitrogen and oxygen atoms in total. The van der Waals surface area contributed by atoms with E-state index in [0.29, 0.717) is 11.6 Å². The van der Waals surface area contributed by atoms with Crippen molar-refractivity contribution in [2.75, 3.05) is 7.11 Å². The van der Waals surface area contributed by atoms with E-state index in [9.17, 15) is 4.79 Å². The average Bonchev–Trinajstić information content (AvgIpc) is 3.07. The van der Waals surface area contributed by atoms with Gasteiger partial charge in [-0.25, -0.2) is 4.98 Å². The normalized spacial score (nSPS) is 21.0. The van der Waals surface area contributed by atoms with E-state index in [0.717, 1.165) is 22.7 Å². The highest BCUT2D eigenvalue weighted by Crippen LogP contribution is 2.27. The summed E-state index contributed by atoms with van der Waals surface area (Å²) < 4.78 is 5.16. The Morgan fingerprint density at radius 2 is 2.00 bits per heavy atom. The second-order valence-electron chi connectivity index (χ2n) is 6.11. The molecular formula is C18H22N2O2S. The Bertz CT molecular complexity index is 666. The second kappa shape index (κ2) is 7.13. The number of rotatable bonds is 4. The lowest BCUT2D eigenvalue weighted by Crippen LogP contribution is -2.41. The number of hydrogen-bond acceptors (Lipinski definition) is 4. The van der Waals surface area contributed by atoms with Crippen LogP contribution in [0.3, 0.4) is 0 Å². The molecule has 0 unspecified atom stereocenters. The van der Waals surface area contributed by atoms with E-state index in [2.05, 4.69) is 17.2 Å². The molecule has 1 aliphatic carbocycles. The van der Waals surface area contributed by atoms with Crippen molar-refractivity contribution in [2.24, 2.45) is 5.92 Å². The van der Waals surface area contributed by atoms with Gasteiger partial charge in [0.15, 0.2) is 0 Å². The van der Waals surface area contributed by atoms with E-state index in [-0.39, 0.29) is 11.9 Å². The monoisotopic (exact) mass is 330 g/mol. The summed E-state index contributed by atoms with van der Waals surface area (Å²) >= 11 is 1.49. The summed E-state index contributed by atoms with van der Waals surface area (Å²) in [5, 5.41) is 5.84. The Labute approximate surface area is 140 Å². The van der Waals surface area contributed by atoms with Crippen molar-refractivity contribution in [3.05, 3.63) is 35.3 Å². The summed E-state index contributed by atoms with van der Waals surface area (Å²) in [5.74, 6) is 1.31. The number of ether oxygens (including phenoxy) is 1. The summed E-state index contributed by atoms with van der Waals surface area (Å²) in [6.45, 7) is 2.22. The van der Waals surface area contributed by atoms with Gasteiger partial charge in [-0.3, -0.25) is 4.79 Å². The van der Waals surface area contributed by atoms with E-state index < -0.39 is 0 Å². The van der Waals surface area contributed by atoms with Crippen molar-refractivity contribution in [3.63, 3.8) is 0 Å². The molecule has 122 valence electrons. The van der Waals surface area contributed by atoms with E-state index in [1.54, 1.807) is 7.11 Å². The van der Waals surface area contributed by atoms with Crippen molar-refractivity contribution < 1.29 is 9.53 Å². The van der Waals surface area contributed by atoms with Crippen LogP contribution in [-0.2, 0) is 0 Å². The van der Waals surface area contributed by atoms with Gasteiger partial charge in [-0.1, -0.05) is 19.8 Å². The van der Waals surface area contributed by atoms with Crippen LogP contribution in [0.25, 0.3) is 10.6 Å². The quantitative estimate of drug-likeness (QED) is 0.917. The van der Waals surface area contributed by atoms with Crippen LogP contribution in [0.4, 0.5) is 0 Å². The first-order valence-corrected chi connectivity index (χ1v) is 8.96. The SMILES string of the molecule is COc1ccc(-c2nc(C(=O)N[C@@H]3CCCC[C@H]3C)cs2)cc1. The third-order valence-corrected chi connectivity index (χ3v) is 5.39. The van der Waals surface area contributed by atoms with E-state index in [1.165, 1.54) is 30.6 Å². The Morgan fingerprint density at radius 1 is 1.26 bits per heavy atom. The number of nitrogens with one attached hydrogen (secondary N) is 1. The molecular weight excluding hydrogens is 308 g/mol. The molecule has 2 atom stereocenters. The lowest BCUT2D eigenvalue weighted by molar-refractivity contribution is 0.0906. The fraction of sp³-hybridized carbons (Fsp3) is 0.444. The van der Waals surface area contributed by atoms with Crippen molar-refractivity contribution in [3.8, 4) is 16.3 Å². The zero-order valence-electron chi connectivity index (χ0n) is 13.5. The largest absolute Gasteiger partial charge is 0.497 e. The van der Waals surface area contributed by atoms with Crippen LogP contribution in [0.2, 0.25) is 0 Å². The third-order valence-electron chi connectivity index (χ3n) is 4.50. The minimum Gasteiger partial charge on any atom is -0.497 e. The first-order chi connectivity index (χ1) is 11.2. The van der Waals surface area contributed by atoms with Crippen LogP contribution < -0.4 is 10.1 Å². The smallest absolute Gasteiger partial charge is 0.271 e. The maximum absolute atomic E-state index is 12.4. The Balaban J connectivity index is 1.69. The van der Waals surface area contributed by atoms with E-state index in [1.807, 2.05) is 29.6 Å². The van der Waals surface area contributed by atoms with Gasteiger partial charge < -0.3 is 10.1 Å². The first-order valence-electron chi connectivity index (χ1n) is 8.08. The van der Waals surface area contributed by atoms with E-state index >= 15 is 0 Å². The summed E-state index contributed by atoms with van der Waals surface area (Å²) in [5.41, 5.74) is 1.51. The van der Waals surface area contributed by atoms with Gasteiger partial charge in [-0.2, -0.15) is 0 Å². The summed E-state index contributed by atoms with van der Waals surface area (Å²) in [4.78, 5) is 16.9. The lowest BCUT2D eigenvalue weighted by atomic mass is 9.86. The number of hydrogen-bond donors (Lipinski definition) is 1. The number of nitrogens with zero attached hydrogens (tertiary/aromatic N) is 1. The molecule has 1 N–H and O–H groups in total. The van der Waals surface area contributed by atoms with Crippen LogP contribution in [-0.4, -0.2) is 24.0 Å². The maximum atomic E-state index is 12.4. The number of benzene rings is 1. The predicted octanol–water partition coefficient (Wildman–Crippen LogP) is 4.13. The molecule has 1 aromatic carbocycles. The van der Waals surface area contributed by atoms with Crippen molar-refractivity contribution >= 4 is 17.2 Å². The summed E-state index contributed by atoms with van der Waals surface area (Å²) in [6.07, 6.45) is 4.73. The molecule has 0 saturated heterocycles. The molecule has 0 spiro atoms. The number of thiazole rings is 1. The Morgan fingerprint density at radius 3 is 2.70 bits per heavy atom. The molecule has 2 aromatic rings.